The van der Waals surface area contributed by atoms with Crippen molar-refractivity contribution in [2.45, 2.75) is 19.0 Å². The van der Waals surface area contributed by atoms with Gasteiger partial charge in [0.1, 0.15) is 6.17 Å². The Bertz CT molecular complexity index is 317. The molecule has 0 radical (unpaired) electrons. The van der Waals surface area contributed by atoms with E-state index in [9.17, 15) is 8.78 Å². The zero-order valence-electron chi connectivity index (χ0n) is 8.67. The van der Waals surface area contributed by atoms with Crippen molar-refractivity contribution in [3.8, 4) is 5.75 Å². The molecule has 0 aromatic heterocycles. The Balaban J connectivity index is 2.66. The first-order valence-corrected chi connectivity index (χ1v) is 4.84. The lowest BCUT2D eigenvalue weighted by molar-refractivity contribution is 0.316. The Labute approximate surface area is 88.0 Å². The Morgan fingerprint density at radius 2 is 2.20 bits per heavy atom. The molecule has 2 nitrogen and oxygen atoms in total. The molecule has 0 spiro atoms. The van der Waals surface area contributed by atoms with Gasteiger partial charge in [-0.2, -0.15) is 0 Å². The second kappa shape index (κ2) is 5.66. The summed E-state index contributed by atoms with van der Waals surface area (Å²) in [6.07, 6.45) is -0.519. The molecule has 15 heavy (non-hydrogen) atoms. The average Bonchev–Trinajstić information content (AvgIpc) is 2.18. The van der Waals surface area contributed by atoms with Gasteiger partial charge in [-0.25, -0.2) is 8.78 Å². The van der Waals surface area contributed by atoms with E-state index in [2.05, 4.69) is 0 Å². The number of rotatable bonds is 5. The standard InChI is InChI=1S/C11H15F2NO/c1-15-11-3-2-8(7-10(11)13)6-9(12)4-5-14/h2-3,7,9H,4-6,14H2,1H3. The van der Waals surface area contributed by atoms with Crippen LogP contribution >= 0.6 is 0 Å². The molecular formula is C11H15F2NO. The Morgan fingerprint density at radius 3 is 2.73 bits per heavy atom. The van der Waals surface area contributed by atoms with Crippen LogP contribution in [0, 0.1) is 5.82 Å². The van der Waals surface area contributed by atoms with Crippen molar-refractivity contribution in [3.05, 3.63) is 29.6 Å². The van der Waals surface area contributed by atoms with E-state index in [1.807, 2.05) is 0 Å². The molecule has 0 saturated heterocycles. The zero-order chi connectivity index (χ0) is 11.3. The van der Waals surface area contributed by atoms with Gasteiger partial charge in [0.25, 0.3) is 0 Å². The quantitative estimate of drug-likeness (QED) is 0.816. The highest BCUT2D eigenvalue weighted by Crippen LogP contribution is 2.19. The van der Waals surface area contributed by atoms with Gasteiger partial charge in [0.15, 0.2) is 11.6 Å². The van der Waals surface area contributed by atoms with E-state index in [-0.39, 0.29) is 12.2 Å². The lowest BCUT2D eigenvalue weighted by Crippen LogP contribution is -2.11. The number of alkyl halides is 1. The van der Waals surface area contributed by atoms with E-state index in [0.29, 0.717) is 18.5 Å². The van der Waals surface area contributed by atoms with Crippen molar-refractivity contribution < 1.29 is 13.5 Å². The van der Waals surface area contributed by atoms with Crippen molar-refractivity contribution in [1.29, 1.82) is 0 Å². The van der Waals surface area contributed by atoms with Gasteiger partial charge in [-0.15, -0.1) is 0 Å². The van der Waals surface area contributed by atoms with Crippen molar-refractivity contribution in [2.75, 3.05) is 13.7 Å². The summed E-state index contributed by atoms with van der Waals surface area (Å²) in [5, 5.41) is 0. The van der Waals surface area contributed by atoms with Crippen LogP contribution in [0.4, 0.5) is 8.78 Å². The first-order valence-electron chi connectivity index (χ1n) is 4.84. The van der Waals surface area contributed by atoms with Crippen LogP contribution in [0.25, 0.3) is 0 Å². The molecule has 0 heterocycles. The van der Waals surface area contributed by atoms with Gasteiger partial charge in [0.2, 0.25) is 0 Å². The van der Waals surface area contributed by atoms with Crippen LogP contribution in [-0.4, -0.2) is 19.8 Å². The van der Waals surface area contributed by atoms with Crippen molar-refractivity contribution in [2.24, 2.45) is 5.73 Å². The summed E-state index contributed by atoms with van der Waals surface area (Å²) in [6.45, 7) is 0.305. The van der Waals surface area contributed by atoms with Gasteiger partial charge in [0.05, 0.1) is 7.11 Å². The van der Waals surface area contributed by atoms with E-state index in [0.717, 1.165) is 0 Å². The first kappa shape index (κ1) is 11.9. The summed E-state index contributed by atoms with van der Waals surface area (Å²) in [5.74, 6) is -0.289. The minimum absolute atomic E-state index is 0.174. The van der Waals surface area contributed by atoms with Gasteiger partial charge < -0.3 is 10.5 Å². The Kier molecular flexibility index (Phi) is 4.49. The summed E-state index contributed by atoms with van der Waals surface area (Å²) in [6, 6.07) is 4.45. The van der Waals surface area contributed by atoms with E-state index in [4.69, 9.17) is 10.5 Å². The van der Waals surface area contributed by atoms with E-state index < -0.39 is 12.0 Å². The minimum atomic E-state index is -1.01. The van der Waals surface area contributed by atoms with E-state index in [1.165, 1.54) is 19.2 Å². The largest absolute Gasteiger partial charge is 0.494 e. The molecule has 1 unspecified atom stereocenters. The number of halogens is 2. The molecule has 0 bridgehead atoms. The topological polar surface area (TPSA) is 35.2 Å². The third-order valence-corrected chi connectivity index (χ3v) is 2.15. The monoisotopic (exact) mass is 215 g/mol. The maximum atomic E-state index is 13.2. The zero-order valence-corrected chi connectivity index (χ0v) is 8.67. The highest BCUT2D eigenvalue weighted by molar-refractivity contribution is 5.29. The number of hydrogen-bond donors (Lipinski definition) is 1. The predicted molar refractivity (Wildman–Crippen MR) is 55.2 cm³/mol. The lowest BCUT2D eigenvalue weighted by atomic mass is 10.1. The summed E-state index contributed by atoms with van der Waals surface area (Å²) in [5.41, 5.74) is 5.84. The van der Waals surface area contributed by atoms with Crippen LogP contribution in [0.3, 0.4) is 0 Å². The highest BCUT2D eigenvalue weighted by Gasteiger charge is 2.09. The summed E-state index contributed by atoms with van der Waals surface area (Å²) >= 11 is 0. The molecule has 1 aromatic rings. The van der Waals surface area contributed by atoms with Gasteiger partial charge in [-0.05, 0) is 30.7 Å². The van der Waals surface area contributed by atoms with Crippen LogP contribution in [0.15, 0.2) is 18.2 Å². The second-order valence-electron chi connectivity index (χ2n) is 3.35. The maximum Gasteiger partial charge on any atom is 0.165 e. The van der Waals surface area contributed by atoms with Gasteiger partial charge >= 0.3 is 0 Å². The van der Waals surface area contributed by atoms with Gasteiger partial charge in [-0.3, -0.25) is 0 Å². The normalized spacial score (nSPS) is 12.5. The summed E-state index contributed by atoms with van der Waals surface area (Å²) < 4.78 is 31.1. The molecule has 0 aliphatic heterocycles. The molecule has 1 rings (SSSR count). The Hall–Kier alpha value is -1.16. The first-order chi connectivity index (χ1) is 7.17. The smallest absolute Gasteiger partial charge is 0.165 e. The molecule has 0 amide bonds. The van der Waals surface area contributed by atoms with Crippen molar-refractivity contribution >= 4 is 0 Å². The number of benzene rings is 1. The molecule has 1 aromatic carbocycles. The average molecular weight is 215 g/mol. The number of methoxy groups -OCH3 is 1. The SMILES string of the molecule is COc1ccc(CC(F)CCN)cc1F. The molecule has 84 valence electrons. The summed E-state index contributed by atoms with van der Waals surface area (Å²) in [7, 11) is 1.39. The van der Waals surface area contributed by atoms with Crippen molar-refractivity contribution in [1.82, 2.24) is 0 Å². The fourth-order valence-corrected chi connectivity index (χ4v) is 1.38. The molecule has 4 heteroatoms. The highest BCUT2D eigenvalue weighted by atomic mass is 19.1. The third kappa shape index (κ3) is 3.47. The lowest BCUT2D eigenvalue weighted by Gasteiger charge is -2.08. The minimum Gasteiger partial charge on any atom is -0.494 e. The second-order valence-corrected chi connectivity index (χ2v) is 3.35. The fraction of sp³-hybridized carbons (Fsp3) is 0.455. The van der Waals surface area contributed by atoms with Crippen LogP contribution in [0.2, 0.25) is 0 Å². The molecule has 0 saturated carbocycles. The molecular weight excluding hydrogens is 200 g/mol. The van der Waals surface area contributed by atoms with Crippen LogP contribution in [0.5, 0.6) is 5.75 Å². The Morgan fingerprint density at radius 1 is 1.47 bits per heavy atom. The summed E-state index contributed by atoms with van der Waals surface area (Å²) in [4.78, 5) is 0. The number of hydrogen-bond acceptors (Lipinski definition) is 2. The molecule has 0 fully saturated rings. The number of ether oxygens (including phenoxy) is 1. The molecule has 0 aliphatic carbocycles. The van der Waals surface area contributed by atoms with Gasteiger partial charge in [-0.1, -0.05) is 6.07 Å². The van der Waals surface area contributed by atoms with Crippen LogP contribution < -0.4 is 10.5 Å². The third-order valence-electron chi connectivity index (χ3n) is 2.15. The maximum absolute atomic E-state index is 13.2. The van der Waals surface area contributed by atoms with Crippen molar-refractivity contribution in [3.63, 3.8) is 0 Å². The van der Waals surface area contributed by atoms with Crippen LogP contribution in [0.1, 0.15) is 12.0 Å². The van der Waals surface area contributed by atoms with E-state index in [1.54, 1.807) is 6.07 Å². The van der Waals surface area contributed by atoms with E-state index >= 15 is 0 Å². The van der Waals surface area contributed by atoms with Gasteiger partial charge in [0, 0.05) is 6.42 Å². The molecule has 1 atom stereocenters. The predicted octanol–water partition coefficient (Wildman–Crippen LogP) is 2.06. The number of nitrogens with two attached hydrogens (primary N) is 1. The van der Waals surface area contributed by atoms with Crippen LogP contribution in [-0.2, 0) is 6.42 Å². The molecule has 0 aliphatic rings. The molecule has 2 N–H and O–H groups in total. The fourth-order valence-electron chi connectivity index (χ4n) is 1.38.